The van der Waals surface area contributed by atoms with Crippen molar-refractivity contribution in [3.8, 4) is 0 Å². The van der Waals surface area contributed by atoms with E-state index in [9.17, 15) is 4.79 Å². The van der Waals surface area contributed by atoms with Crippen LogP contribution in [0.1, 0.15) is 105 Å². The lowest BCUT2D eigenvalue weighted by molar-refractivity contribution is -0.120. The van der Waals surface area contributed by atoms with Crippen molar-refractivity contribution in [1.82, 2.24) is 0 Å². The minimum atomic E-state index is -0.307. The van der Waals surface area contributed by atoms with Gasteiger partial charge in [0.05, 0.1) is 0 Å². The summed E-state index contributed by atoms with van der Waals surface area (Å²) in [4.78, 5) is 12.1. The van der Waals surface area contributed by atoms with Crippen LogP contribution in [0.5, 0.6) is 0 Å². The van der Waals surface area contributed by atoms with Gasteiger partial charge in [0.2, 0.25) is 0 Å². The fraction of sp³-hybridized carbons (Fsp3) is 0.864. The van der Waals surface area contributed by atoms with Crippen LogP contribution in [-0.2, 0) is 4.79 Å². The molecule has 0 bridgehead atoms. The van der Waals surface area contributed by atoms with Crippen molar-refractivity contribution in [2.45, 2.75) is 110 Å². The summed E-state index contributed by atoms with van der Waals surface area (Å²) in [5.41, 5.74) is 6.08. The Morgan fingerprint density at radius 2 is 1.42 bits per heavy atom. The maximum Gasteiger partial charge on any atom is 0.158 e. The summed E-state index contributed by atoms with van der Waals surface area (Å²) < 4.78 is 0. The third-order valence-corrected chi connectivity index (χ3v) is 5.32. The molecule has 0 saturated heterocycles. The first-order chi connectivity index (χ1) is 11.4. The molecule has 0 aromatic carbocycles. The topological polar surface area (TPSA) is 43.1 Å². The molecule has 0 aliphatic heterocycles. The van der Waals surface area contributed by atoms with Gasteiger partial charge in [-0.25, -0.2) is 0 Å². The molecule has 0 saturated carbocycles. The van der Waals surface area contributed by atoms with E-state index < -0.39 is 0 Å². The van der Waals surface area contributed by atoms with Gasteiger partial charge in [-0.15, -0.1) is 0 Å². The van der Waals surface area contributed by atoms with Crippen LogP contribution in [0.25, 0.3) is 0 Å². The number of hydrogen-bond donors (Lipinski definition) is 1. The highest BCUT2D eigenvalue weighted by molar-refractivity contribution is 5.91. The Morgan fingerprint density at radius 1 is 0.958 bits per heavy atom. The number of nitrogens with two attached hydrogens (primary N) is 1. The quantitative estimate of drug-likeness (QED) is 0.260. The standard InChI is InChI=1S/C22H43NO/c1-6-9-10-11-12-13-14-15-16-17-18-20(22(4,5)23)19(7-2)21(24)8-3/h8,19-20H,3,6-7,9-18,23H2,1-2,4-5H3. The van der Waals surface area contributed by atoms with Gasteiger partial charge < -0.3 is 5.73 Å². The normalized spacial score (nSPS) is 14.4. The third kappa shape index (κ3) is 10.3. The Morgan fingerprint density at radius 3 is 1.79 bits per heavy atom. The second kappa shape index (κ2) is 13.6. The number of ketones is 1. The summed E-state index contributed by atoms with van der Waals surface area (Å²) in [6.45, 7) is 12.1. The minimum absolute atomic E-state index is 0.0288. The van der Waals surface area contributed by atoms with Gasteiger partial charge in [-0.2, -0.15) is 0 Å². The van der Waals surface area contributed by atoms with Crippen LogP contribution in [0, 0.1) is 11.8 Å². The zero-order valence-electron chi connectivity index (χ0n) is 16.9. The molecule has 0 aliphatic rings. The SMILES string of the molecule is C=CC(=O)C(CC)C(CCCCCCCCCCCC)C(C)(C)N. The molecule has 0 heterocycles. The molecule has 0 rings (SSSR count). The lowest BCUT2D eigenvalue weighted by atomic mass is 9.72. The molecule has 2 N–H and O–H groups in total. The average Bonchev–Trinajstić information content (AvgIpc) is 2.54. The zero-order valence-corrected chi connectivity index (χ0v) is 16.9. The van der Waals surface area contributed by atoms with E-state index in [1.807, 2.05) is 0 Å². The van der Waals surface area contributed by atoms with E-state index in [0.29, 0.717) is 0 Å². The van der Waals surface area contributed by atoms with E-state index in [2.05, 4.69) is 34.3 Å². The molecule has 0 amide bonds. The van der Waals surface area contributed by atoms with E-state index >= 15 is 0 Å². The van der Waals surface area contributed by atoms with Crippen molar-refractivity contribution in [3.05, 3.63) is 12.7 Å². The molecule has 0 aliphatic carbocycles. The highest BCUT2D eigenvalue weighted by Crippen LogP contribution is 2.31. The van der Waals surface area contributed by atoms with E-state index in [1.54, 1.807) is 0 Å². The average molecular weight is 338 g/mol. The molecule has 0 aromatic heterocycles. The van der Waals surface area contributed by atoms with Gasteiger partial charge in [-0.05, 0) is 38.7 Å². The molecule has 0 fully saturated rings. The van der Waals surface area contributed by atoms with E-state index in [4.69, 9.17) is 5.73 Å². The van der Waals surface area contributed by atoms with Crippen LogP contribution >= 0.6 is 0 Å². The summed E-state index contributed by atoms with van der Waals surface area (Å²) >= 11 is 0. The number of hydrogen-bond acceptors (Lipinski definition) is 2. The number of unbranched alkanes of at least 4 members (excludes halogenated alkanes) is 9. The summed E-state index contributed by atoms with van der Waals surface area (Å²) in [5, 5.41) is 0. The van der Waals surface area contributed by atoms with Crippen LogP contribution < -0.4 is 5.73 Å². The fourth-order valence-electron chi connectivity index (χ4n) is 3.78. The molecule has 0 radical (unpaired) electrons. The predicted octanol–water partition coefficient (Wildman–Crippen LogP) is 6.43. The summed E-state index contributed by atoms with van der Waals surface area (Å²) in [5.74, 6) is 0.441. The van der Waals surface area contributed by atoms with Crippen LogP contribution in [0.4, 0.5) is 0 Å². The van der Waals surface area contributed by atoms with Crippen LogP contribution in [-0.4, -0.2) is 11.3 Å². The zero-order chi connectivity index (χ0) is 18.4. The Bertz CT molecular complexity index is 329. The highest BCUT2D eigenvalue weighted by atomic mass is 16.1. The van der Waals surface area contributed by atoms with Crippen LogP contribution in [0.15, 0.2) is 12.7 Å². The second-order valence-electron chi connectivity index (χ2n) is 8.02. The number of carbonyl (C=O) groups is 1. The van der Waals surface area contributed by atoms with Gasteiger partial charge in [0, 0.05) is 11.5 Å². The number of rotatable bonds is 16. The Balaban J connectivity index is 4.04. The van der Waals surface area contributed by atoms with Crippen molar-refractivity contribution in [2.24, 2.45) is 17.6 Å². The fourth-order valence-corrected chi connectivity index (χ4v) is 3.78. The molecular formula is C22H43NO. The largest absolute Gasteiger partial charge is 0.325 e. The maximum atomic E-state index is 12.1. The van der Waals surface area contributed by atoms with Crippen LogP contribution in [0.3, 0.4) is 0 Å². The van der Waals surface area contributed by atoms with Gasteiger partial charge in [0.1, 0.15) is 0 Å². The molecule has 0 aromatic rings. The van der Waals surface area contributed by atoms with Gasteiger partial charge in [0.15, 0.2) is 5.78 Å². The van der Waals surface area contributed by atoms with Crippen molar-refractivity contribution in [1.29, 1.82) is 0 Å². The molecule has 142 valence electrons. The molecule has 24 heavy (non-hydrogen) atoms. The second-order valence-corrected chi connectivity index (χ2v) is 8.02. The van der Waals surface area contributed by atoms with E-state index in [0.717, 1.165) is 12.8 Å². The third-order valence-electron chi connectivity index (χ3n) is 5.32. The first-order valence-electron chi connectivity index (χ1n) is 10.3. The molecule has 0 spiro atoms. The molecule has 2 heteroatoms. The predicted molar refractivity (Wildman–Crippen MR) is 107 cm³/mol. The first-order valence-corrected chi connectivity index (χ1v) is 10.3. The molecule has 2 unspecified atom stereocenters. The Labute approximate surface area is 151 Å². The van der Waals surface area contributed by atoms with Gasteiger partial charge >= 0.3 is 0 Å². The smallest absolute Gasteiger partial charge is 0.158 e. The van der Waals surface area contributed by atoms with E-state index in [1.165, 1.54) is 70.3 Å². The summed E-state index contributed by atoms with van der Waals surface area (Å²) in [6.07, 6.45) is 16.8. The molecular weight excluding hydrogens is 294 g/mol. The van der Waals surface area contributed by atoms with Gasteiger partial charge in [-0.1, -0.05) is 84.6 Å². The lowest BCUT2D eigenvalue weighted by Crippen LogP contribution is -2.46. The summed E-state index contributed by atoms with van der Waals surface area (Å²) in [6, 6.07) is 0. The monoisotopic (exact) mass is 337 g/mol. The molecule has 2 atom stereocenters. The number of allylic oxidation sites excluding steroid dienone is 1. The summed E-state index contributed by atoms with van der Waals surface area (Å²) in [7, 11) is 0. The first kappa shape index (κ1) is 23.4. The highest BCUT2D eigenvalue weighted by Gasteiger charge is 2.34. The van der Waals surface area contributed by atoms with Crippen molar-refractivity contribution in [2.75, 3.05) is 0 Å². The van der Waals surface area contributed by atoms with Gasteiger partial charge in [-0.3, -0.25) is 4.79 Å². The van der Waals surface area contributed by atoms with Crippen molar-refractivity contribution >= 4 is 5.78 Å². The van der Waals surface area contributed by atoms with Crippen LogP contribution in [0.2, 0.25) is 0 Å². The van der Waals surface area contributed by atoms with E-state index in [-0.39, 0.29) is 23.2 Å². The Kier molecular flexibility index (Phi) is 13.3. The Hall–Kier alpha value is -0.630. The lowest BCUT2D eigenvalue weighted by Gasteiger charge is -2.35. The van der Waals surface area contributed by atoms with Gasteiger partial charge in [0.25, 0.3) is 0 Å². The maximum absolute atomic E-state index is 12.1. The van der Waals surface area contributed by atoms with Crippen molar-refractivity contribution in [3.63, 3.8) is 0 Å². The molecule has 2 nitrogen and oxygen atoms in total. The number of carbonyl (C=O) groups excluding carboxylic acids is 1. The minimum Gasteiger partial charge on any atom is -0.325 e. The van der Waals surface area contributed by atoms with Crippen molar-refractivity contribution < 1.29 is 4.79 Å².